The van der Waals surface area contributed by atoms with E-state index in [4.69, 9.17) is 11.6 Å². The average molecular weight is 503 g/mol. The molecule has 0 saturated heterocycles. The molecule has 2 aromatic rings. The van der Waals surface area contributed by atoms with Crippen molar-refractivity contribution in [2.45, 2.75) is 3.74 Å². The lowest BCUT2D eigenvalue weighted by Gasteiger charge is -2.10. The molecule has 0 aliphatic carbocycles. The first kappa shape index (κ1) is 17.1. The van der Waals surface area contributed by atoms with Gasteiger partial charge in [-0.15, -0.1) is 0 Å². The summed E-state index contributed by atoms with van der Waals surface area (Å²) in [4.78, 5) is 12.4. The molecule has 0 aromatic heterocycles. The second kappa shape index (κ2) is 6.86. The molecule has 1 nitrogen and oxygen atoms in total. The van der Waals surface area contributed by atoms with Crippen molar-refractivity contribution in [2.75, 3.05) is 0 Å². The van der Waals surface area contributed by atoms with Gasteiger partial charge in [-0.1, -0.05) is 59.4 Å². The van der Waals surface area contributed by atoms with Crippen LogP contribution in [0.4, 0.5) is 8.78 Å². The number of hydrogen-bond donors (Lipinski definition) is 0. The monoisotopic (exact) mass is 500 g/mol. The topological polar surface area (TPSA) is 17.1 Å². The Morgan fingerprint density at radius 3 is 2.33 bits per heavy atom. The van der Waals surface area contributed by atoms with E-state index in [2.05, 4.69) is 47.8 Å². The number of carbonyl (C=O) groups excluding carboxylic acids is 1. The molecular formula is C14H6Br3ClF2O. The third-order valence-electron chi connectivity index (χ3n) is 2.74. The minimum Gasteiger partial charge on any atom is -0.289 e. The lowest BCUT2D eigenvalue weighted by atomic mass is 10.0. The quantitative estimate of drug-likeness (QED) is 0.350. The van der Waals surface area contributed by atoms with Gasteiger partial charge in [0, 0.05) is 21.2 Å². The Hall–Kier alpha value is -0.300. The Morgan fingerprint density at radius 1 is 1.10 bits per heavy atom. The smallest absolute Gasteiger partial charge is 0.195 e. The van der Waals surface area contributed by atoms with E-state index in [0.29, 0.717) is 10.0 Å². The van der Waals surface area contributed by atoms with Crippen LogP contribution in [-0.4, -0.2) is 5.78 Å². The molecule has 0 amide bonds. The van der Waals surface area contributed by atoms with Crippen molar-refractivity contribution in [1.82, 2.24) is 0 Å². The normalized spacial score (nSPS) is 11.0. The van der Waals surface area contributed by atoms with Crippen molar-refractivity contribution in [1.29, 1.82) is 0 Å². The molecule has 2 rings (SSSR count). The maximum absolute atomic E-state index is 14.0. The van der Waals surface area contributed by atoms with E-state index >= 15 is 0 Å². The zero-order chi connectivity index (χ0) is 15.7. The summed E-state index contributed by atoms with van der Waals surface area (Å²) < 4.78 is 27.1. The summed E-state index contributed by atoms with van der Waals surface area (Å²) in [5.74, 6) is -1.57. The van der Waals surface area contributed by atoms with Gasteiger partial charge in [-0.2, -0.15) is 0 Å². The predicted octanol–water partition coefficient (Wildman–Crippen LogP) is 6.40. The first-order valence-electron chi connectivity index (χ1n) is 5.58. The maximum Gasteiger partial charge on any atom is 0.195 e. The summed E-state index contributed by atoms with van der Waals surface area (Å²) >= 11 is 15.5. The Balaban J connectivity index is 2.51. The third-order valence-corrected chi connectivity index (χ3v) is 4.70. The highest BCUT2D eigenvalue weighted by Gasteiger charge is 2.20. The summed E-state index contributed by atoms with van der Waals surface area (Å²) in [6.07, 6.45) is 0. The van der Waals surface area contributed by atoms with Gasteiger partial charge in [0.1, 0.15) is 11.6 Å². The molecule has 0 N–H and O–H groups in total. The molecule has 7 heteroatoms. The molecule has 0 radical (unpaired) electrons. The molecule has 0 bridgehead atoms. The van der Waals surface area contributed by atoms with E-state index in [0.717, 1.165) is 18.2 Å². The lowest BCUT2D eigenvalue weighted by Crippen LogP contribution is -2.05. The van der Waals surface area contributed by atoms with Gasteiger partial charge in [0.15, 0.2) is 5.78 Å². The fourth-order valence-corrected chi connectivity index (χ4v) is 3.22. The van der Waals surface area contributed by atoms with Crippen molar-refractivity contribution < 1.29 is 13.6 Å². The number of alkyl halides is 2. The minimum atomic E-state index is -0.543. The zero-order valence-electron chi connectivity index (χ0n) is 10.1. The van der Waals surface area contributed by atoms with Crippen LogP contribution in [0.25, 0.3) is 0 Å². The summed E-state index contributed by atoms with van der Waals surface area (Å²) in [7, 11) is 0. The molecule has 2 aromatic carbocycles. The number of hydrogen-bond acceptors (Lipinski definition) is 1. The third kappa shape index (κ3) is 3.73. The van der Waals surface area contributed by atoms with Crippen LogP contribution in [0.2, 0.25) is 5.02 Å². The average Bonchev–Trinajstić information content (AvgIpc) is 2.40. The predicted molar refractivity (Wildman–Crippen MR) is 89.5 cm³/mol. The van der Waals surface area contributed by atoms with E-state index in [-0.39, 0.29) is 19.9 Å². The Bertz CT molecular complexity index is 720. The molecule has 0 fully saturated rings. The molecule has 0 aliphatic heterocycles. The van der Waals surface area contributed by atoms with Crippen molar-refractivity contribution in [2.24, 2.45) is 0 Å². The molecule has 110 valence electrons. The molecular weight excluding hydrogens is 497 g/mol. The van der Waals surface area contributed by atoms with Crippen molar-refractivity contribution >= 4 is 65.2 Å². The first-order chi connectivity index (χ1) is 9.81. The largest absolute Gasteiger partial charge is 0.289 e. The van der Waals surface area contributed by atoms with E-state index in [9.17, 15) is 13.6 Å². The summed E-state index contributed by atoms with van der Waals surface area (Å²) in [5.41, 5.74) is 0.578. The number of ketones is 1. The SMILES string of the molecule is O=C(c1ccc(F)cc1Cl)c1cc(F)c(C(Br)Br)cc1Br. The van der Waals surface area contributed by atoms with Crippen LogP contribution in [0.5, 0.6) is 0 Å². The van der Waals surface area contributed by atoms with Crippen molar-refractivity contribution in [3.8, 4) is 0 Å². The van der Waals surface area contributed by atoms with Crippen LogP contribution < -0.4 is 0 Å². The van der Waals surface area contributed by atoms with Gasteiger partial charge in [0.2, 0.25) is 0 Å². The number of benzene rings is 2. The fourth-order valence-electron chi connectivity index (χ4n) is 1.72. The van der Waals surface area contributed by atoms with E-state index < -0.39 is 17.4 Å². The van der Waals surface area contributed by atoms with Crippen LogP contribution in [0, 0.1) is 11.6 Å². The molecule has 0 atom stereocenters. The van der Waals surface area contributed by atoms with Crippen LogP contribution in [0.15, 0.2) is 34.8 Å². The van der Waals surface area contributed by atoms with Gasteiger partial charge in [-0.3, -0.25) is 4.79 Å². The van der Waals surface area contributed by atoms with E-state index in [1.54, 1.807) is 0 Å². The first-order valence-corrected chi connectivity index (χ1v) is 8.58. The lowest BCUT2D eigenvalue weighted by molar-refractivity contribution is 0.103. The zero-order valence-corrected chi connectivity index (χ0v) is 15.7. The standard InChI is InChI=1S/C14H6Br3ClF2O/c15-10-4-9(14(16)17)12(20)5-8(10)13(21)7-2-1-6(19)3-11(7)18/h1-5,14H. The van der Waals surface area contributed by atoms with Gasteiger partial charge in [-0.05, 0) is 30.3 Å². The Labute approximate surface area is 150 Å². The van der Waals surface area contributed by atoms with Gasteiger partial charge in [0.05, 0.1) is 8.76 Å². The Kier molecular flexibility index (Phi) is 5.57. The van der Waals surface area contributed by atoms with Crippen LogP contribution in [0.1, 0.15) is 25.2 Å². The van der Waals surface area contributed by atoms with Crippen molar-refractivity contribution in [3.05, 3.63) is 68.2 Å². The van der Waals surface area contributed by atoms with Crippen LogP contribution in [-0.2, 0) is 0 Å². The summed E-state index contributed by atoms with van der Waals surface area (Å²) in [6, 6.07) is 6.06. The minimum absolute atomic E-state index is 0.0183. The molecule has 0 unspecified atom stereocenters. The molecule has 0 spiro atoms. The van der Waals surface area contributed by atoms with Gasteiger partial charge in [-0.25, -0.2) is 8.78 Å². The van der Waals surface area contributed by atoms with Gasteiger partial charge < -0.3 is 0 Å². The second-order valence-electron chi connectivity index (χ2n) is 4.11. The van der Waals surface area contributed by atoms with Crippen molar-refractivity contribution in [3.63, 3.8) is 0 Å². The highest BCUT2D eigenvalue weighted by molar-refractivity contribution is 9.24. The summed E-state index contributed by atoms with van der Waals surface area (Å²) in [6.45, 7) is 0. The molecule has 21 heavy (non-hydrogen) atoms. The molecule has 0 saturated carbocycles. The van der Waals surface area contributed by atoms with Gasteiger partial charge >= 0.3 is 0 Å². The molecule has 0 heterocycles. The maximum atomic E-state index is 14.0. The number of halogens is 6. The van der Waals surface area contributed by atoms with Crippen LogP contribution in [0.3, 0.4) is 0 Å². The Morgan fingerprint density at radius 2 is 1.76 bits per heavy atom. The van der Waals surface area contributed by atoms with E-state index in [1.807, 2.05) is 0 Å². The number of rotatable bonds is 3. The fraction of sp³-hybridized carbons (Fsp3) is 0.0714. The van der Waals surface area contributed by atoms with Gasteiger partial charge in [0.25, 0.3) is 0 Å². The second-order valence-corrected chi connectivity index (χ2v) is 8.43. The highest BCUT2D eigenvalue weighted by atomic mass is 79.9. The van der Waals surface area contributed by atoms with E-state index in [1.165, 1.54) is 12.1 Å². The summed E-state index contributed by atoms with van der Waals surface area (Å²) in [5, 5.41) is -0.0183. The highest BCUT2D eigenvalue weighted by Crippen LogP contribution is 2.35. The number of carbonyl (C=O) groups is 1. The van der Waals surface area contributed by atoms with Crippen LogP contribution >= 0.6 is 59.4 Å². The molecule has 0 aliphatic rings.